The van der Waals surface area contributed by atoms with Crippen LogP contribution in [0.15, 0.2) is 42.7 Å². The number of aryl methyl sites for hydroxylation is 2. The van der Waals surface area contributed by atoms with Crippen molar-refractivity contribution in [2.75, 3.05) is 7.11 Å². The first-order chi connectivity index (χ1) is 11.2. The van der Waals surface area contributed by atoms with Crippen LogP contribution in [0.25, 0.3) is 5.69 Å². The normalized spacial score (nSPS) is 10.5. The largest absolute Gasteiger partial charge is 0.481 e. The lowest BCUT2D eigenvalue weighted by Gasteiger charge is -2.08. The molecule has 128 valence electrons. The number of rotatable bonds is 6. The van der Waals surface area contributed by atoms with Crippen molar-refractivity contribution < 1.29 is 4.74 Å². The second kappa shape index (κ2) is 7.99. The van der Waals surface area contributed by atoms with Crippen molar-refractivity contribution in [2.45, 2.75) is 20.0 Å². The van der Waals surface area contributed by atoms with E-state index in [4.69, 9.17) is 4.74 Å². The van der Waals surface area contributed by atoms with Gasteiger partial charge in [0.1, 0.15) is 0 Å². The average molecular weight is 348 g/mol. The quantitative estimate of drug-likeness (QED) is 0.744. The average Bonchev–Trinajstić information content (AvgIpc) is 3.17. The Morgan fingerprint density at radius 2 is 1.92 bits per heavy atom. The van der Waals surface area contributed by atoms with Crippen LogP contribution in [0.4, 0.5) is 0 Å². The fourth-order valence-electron chi connectivity index (χ4n) is 2.66. The van der Waals surface area contributed by atoms with Gasteiger partial charge in [-0.25, -0.2) is 9.36 Å². The number of methoxy groups -OCH3 is 1. The SMILES string of the molecule is COc1c(CNCc2ccc(-n3cccn3)cc2)c(C)nn1C.Cl. The molecule has 2 heterocycles. The molecule has 6 nitrogen and oxygen atoms in total. The van der Waals surface area contributed by atoms with Crippen LogP contribution >= 0.6 is 12.4 Å². The van der Waals surface area contributed by atoms with Crippen molar-refractivity contribution in [3.8, 4) is 11.6 Å². The minimum atomic E-state index is 0. The van der Waals surface area contributed by atoms with E-state index in [1.807, 2.05) is 30.9 Å². The van der Waals surface area contributed by atoms with Crippen molar-refractivity contribution in [3.63, 3.8) is 0 Å². The Balaban J connectivity index is 0.00000208. The van der Waals surface area contributed by atoms with E-state index in [2.05, 4.69) is 39.8 Å². The van der Waals surface area contributed by atoms with Crippen molar-refractivity contribution in [1.82, 2.24) is 24.9 Å². The molecule has 0 spiro atoms. The predicted octanol–water partition coefficient (Wildman–Crippen LogP) is 2.63. The van der Waals surface area contributed by atoms with Gasteiger partial charge in [-0.1, -0.05) is 12.1 Å². The van der Waals surface area contributed by atoms with Gasteiger partial charge in [-0.05, 0) is 30.7 Å². The number of aromatic nitrogens is 4. The van der Waals surface area contributed by atoms with Gasteiger partial charge in [-0.2, -0.15) is 10.2 Å². The van der Waals surface area contributed by atoms with Crippen molar-refractivity contribution >= 4 is 12.4 Å². The molecule has 0 atom stereocenters. The number of hydrogen-bond acceptors (Lipinski definition) is 4. The van der Waals surface area contributed by atoms with E-state index in [9.17, 15) is 0 Å². The topological polar surface area (TPSA) is 56.9 Å². The third-order valence-electron chi connectivity index (χ3n) is 3.82. The Morgan fingerprint density at radius 3 is 2.54 bits per heavy atom. The zero-order valence-corrected chi connectivity index (χ0v) is 14.9. The van der Waals surface area contributed by atoms with Crippen molar-refractivity contribution in [2.24, 2.45) is 7.05 Å². The minimum absolute atomic E-state index is 0. The Labute approximate surface area is 147 Å². The van der Waals surface area contributed by atoms with E-state index < -0.39 is 0 Å². The summed E-state index contributed by atoms with van der Waals surface area (Å²) in [5.41, 5.74) is 4.37. The first-order valence-electron chi connectivity index (χ1n) is 7.55. The summed E-state index contributed by atoms with van der Waals surface area (Å²) in [6, 6.07) is 10.3. The molecule has 3 rings (SSSR count). The third kappa shape index (κ3) is 3.77. The summed E-state index contributed by atoms with van der Waals surface area (Å²) in [6.45, 7) is 3.51. The molecule has 0 saturated carbocycles. The van der Waals surface area contributed by atoms with Gasteiger partial charge >= 0.3 is 0 Å². The van der Waals surface area contributed by atoms with Crippen LogP contribution < -0.4 is 10.1 Å². The van der Waals surface area contributed by atoms with Crippen LogP contribution in [0.5, 0.6) is 5.88 Å². The van der Waals surface area contributed by atoms with Crippen LogP contribution in [-0.4, -0.2) is 26.7 Å². The molecule has 0 aliphatic rings. The first-order valence-corrected chi connectivity index (χ1v) is 7.55. The van der Waals surface area contributed by atoms with Crippen LogP contribution in [0, 0.1) is 6.92 Å². The van der Waals surface area contributed by atoms with Gasteiger partial charge in [0.2, 0.25) is 5.88 Å². The fraction of sp³-hybridized carbons (Fsp3) is 0.294. The molecule has 24 heavy (non-hydrogen) atoms. The Kier molecular flexibility index (Phi) is 6.00. The molecule has 2 aromatic heterocycles. The van der Waals surface area contributed by atoms with Gasteiger partial charge < -0.3 is 10.1 Å². The second-order valence-electron chi connectivity index (χ2n) is 5.42. The van der Waals surface area contributed by atoms with Gasteiger partial charge in [0.05, 0.1) is 24.1 Å². The van der Waals surface area contributed by atoms with Crippen molar-refractivity contribution in [3.05, 3.63) is 59.5 Å². The number of halogens is 1. The van der Waals surface area contributed by atoms with Gasteiger partial charge in [0, 0.05) is 32.5 Å². The number of nitrogens with zero attached hydrogens (tertiary/aromatic N) is 4. The molecular weight excluding hydrogens is 326 g/mol. The number of nitrogens with one attached hydrogen (secondary N) is 1. The summed E-state index contributed by atoms with van der Waals surface area (Å²) in [6.07, 6.45) is 3.71. The van der Waals surface area contributed by atoms with E-state index in [-0.39, 0.29) is 12.4 Å². The lowest BCUT2D eigenvalue weighted by atomic mass is 10.2. The number of ether oxygens (including phenoxy) is 1. The van der Waals surface area contributed by atoms with E-state index >= 15 is 0 Å². The molecule has 0 unspecified atom stereocenters. The molecule has 0 aliphatic carbocycles. The second-order valence-corrected chi connectivity index (χ2v) is 5.42. The molecule has 1 N–H and O–H groups in total. The van der Waals surface area contributed by atoms with Crippen LogP contribution in [0.1, 0.15) is 16.8 Å². The zero-order valence-electron chi connectivity index (χ0n) is 14.1. The Bertz CT molecular complexity index is 765. The number of benzene rings is 1. The molecule has 0 aliphatic heterocycles. The fourth-order valence-corrected chi connectivity index (χ4v) is 2.66. The van der Waals surface area contributed by atoms with Gasteiger partial charge in [0.25, 0.3) is 0 Å². The van der Waals surface area contributed by atoms with Gasteiger partial charge in [0.15, 0.2) is 0 Å². The summed E-state index contributed by atoms with van der Waals surface area (Å²) >= 11 is 0. The molecule has 7 heteroatoms. The maximum Gasteiger partial charge on any atom is 0.216 e. The predicted molar refractivity (Wildman–Crippen MR) is 95.9 cm³/mol. The third-order valence-corrected chi connectivity index (χ3v) is 3.82. The molecule has 0 saturated heterocycles. The minimum Gasteiger partial charge on any atom is -0.481 e. The van der Waals surface area contributed by atoms with E-state index in [0.29, 0.717) is 0 Å². The highest BCUT2D eigenvalue weighted by molar-refractivity contribution is 5.85. The Hall–Kier alpha value is -2.31. The molecular formula is C17H22ClN5O. The lowest BCUT2D eigenvalue weighted by Crippen LogP contribution is -2.14. The summed E-state index contributed by atoms with van der Waals surface area (Å²) in [5.74, 6) is 0.809. The molecule has 3 aromatic rings. The highest BCUT2D eigenvalue weighted by Crippen LogP contribution is 2.20. The highest BCUT2D eigenvalue weighted by Gasteiger charge is 2.12. The van der Waals surface area contributed by atoms with E-state index in [0.717, 1.165) is 35.9 Å². The highest BCUT2D eigenvalue weighted by atomic mass is 35.5. The molecule has 0 bridgehead atoms. The van der Waals surface area contributed by atoms with Crippen LogP contribution in [0.3, 0.4) is 0 Å². The van der Waals surface area contributed by atoms with E-state index in [1.54, 1.807) is 18.0 Å². The molecule has 1 aromatic carbocycles. The number of hydrogen-bond donors (Lipinski definition) is 1. The van der Waals surface area contributed by atoms with E-state index in [1.165, 1.54) is 5.56 Å². The smallest absolute Gasteiger partial charge is 0.216 e. The van der Waals surface area contributed by atoms with Gasteiger partial charge in [-0.15, -0.1) is 12.4 Å². The zero-order chi connectivity index (χ0) is 16.2. The lowest BCUT2D eigenvalue weighted by molar-refractivity contribution is 0.368. The molecule has 0 fully saturated rings. The first kappa shape index (κ1) is 18.0. The standard InChI is InChI=1S/C17H21N5O.ClH/c1-13-16(17(23-3)21(2)20-13)12-18-11-14-5-7-15(8-6-14)22-10-4-9-19-22;/h4-10,18H,11-12H2,1-3H3;1H. The van der Waals surface area contributed by atoms with Crippen LogP contribution in [-0.2, 0) is 20.1 Å². The maximum absolute atomic E-state index is 5.41. The Morgan fingerprint density at radius 1 is 1.17 bits per heavy atom. The molecule has 0 radical (unpaired) electrons. The van der Waals surface area contributed by atoms with Crippen molar-refractivity contribution in [1.29, 1.82) is 0 Å². The van der Waals surface area contributed by atoms with Gasteiger partial charge in [-0.3, -0.25) is 0 Å². The summed E-state index contributed by atoms with van der Waals surface area (Å²) in [5, 5.41) is 12.1. The summed E-state index contributed by atoms with van der Waals surface area (Å²) in [7, 11) is 3.57. The summed E-state index contributed by atoms with van der Waals surface area (Å²) < 4.78 is 9.02. The molecule has 0 amide bonds. The summed E-state index contributed by atoms with van der Waals surface area (Å²) in [4.78, 5) is 0. The maximum atomic E-state index is 5.41. The van der Waals surface area contributed by atoms with Crippen LogP contribution in [0.2, 0.25) is 0 Å². The monoisotopic (exact) mass is 347 g/mol.